The molecule has 3 rings (SSSR count). The van der Waals surface area contributed by atoms with Crippen molar-refractivity contribution >= 4 is 11.6 Å². The Balaban J connectivity index is 1.58. The molecule has 0 bridgehead atoms. The maximum atomic E-state index is 12.2. The Hall–Kier alpha value is -3.22. The number of anilines is 1. The van der Waals surface area contributed by atoms with E-state index in [9.17, 15) is 4.79 Å². The van der Waals surface area contributed by atoms with Crippen LogP contribution in [0.1, 0.15) is 25.3 Å². The van der Waals surface area contributed by atoms with Crippen molar-refractivity contribution in [1.82, 2.24) is 20.2 Å². The van der Waals surface area contributed by atoms with Gasteiger partial charge in [-0.3, -0.25) is 4.79 Å². The minimum atomic E-state index is -0.204. The van der Waals surface area contributed by atoms with E-state index in [0.29, 0.717) is 12.4 Å². The van der Waals surface area contributed by atoms with Crippen LogP contribution in [0.25, 0.3) is 11.4 Å². The summed E-state index contributed by atoms with van der Waals surface area (Å²) in [6.07, 6.45) is 2.13. The first kappa shape index (κ1) is 18.6. The Morgan fingerprint density at radius 2 is 2.00 bits per heavy atom. The molecule has 2 aromatic carbocycles. The van der Waals surface area contributed by atoms with Crippen molar-refractivity contribution in [2.45, 2.75) is 33.2 Å². The summed E-state index contributed by atoms with van der Waals surface area (Å²) in [6.45, 7) is 4.81. The standard InChI is InChI=1S/C20H23N5O2/c1-3-4-12-27-18-10-8-16(9-11-18)20-22-24-25(23-20)14-19(26)21-17-7-5-6-15(2)13-17/h5-11,13H,3-4,12,14H2,1-2H3,(H,21,26). The molecule has 1 amide bonds. The highest BCUT2D eigenvalue weighted by Gasteiger charge is 2.10. The first-order chi connectivity index (χ1) is 13.1. The minimum absolute atomic E-state index is 0.000839. The van der Waals surface area contributed by atoms with E-state index in [-0.39, 0.29) is 12.5 Å². The molecule has 140 valence electrons. The quantitative estimate of drug-likeness (QED) is 0.618. The predicted octanol–water partition coefficient (Wildman–Crippen LogP) is 3.47. The summed E-state index contributed by atoms with van der Waals surface area (Å²) < 4.78 is 5.65. The molecule has 0 fully saturated rings. The normalized spacial score (nSPS) is 10.6. The molecule has 0 spiro atoms. The number of benzene rings is 2. The number of tetrazole rings is 1. The van der Waals surface area contributed by atoms with Crippen molar-refractivity contribution < 1.29 is 9.53 Å². The third kappa shape index (κ3) is 5.37. The minimum Gasteiger partial charge on any atom is -0.494 e. The molecule has 7 heteroatoms. The lowest BCUT2D eigenvalue weighted by molar-refractivity contribution is -0.117. The first-order valence-corrected chi connectivity index (χ1v) is 9.01. The fourth-order valence-electron chi connectivity index (χ4n) is 2.51. The zero-order valence-electron chi connectivity index (χ0n) is 15.6. The average molecular weight is 365 g/mol. The second-order valence-electron chi connectivity index (χ2n) is 6.29. The van der Waals surface area contributed by atoms with Crippen LogP contribution in [0.4, 0.5) is 5.69 Å². The van der Waals surface area contributed by atoms with E-state index in [1.165, 1.54) is 4.80 Å². The number of carbonyl (C=O) groups is 1. The second-order valence-corrected chi connectivity index (χ2v) is 6.29. The molecule has 27 heavy (non-hydrogen) atoms. The van der Waals surface area contributed by atoms with E-state index in [0.717, 1.165) is 35.4 Å². The number of ether oxygens (including phenoxy) is 1. The summed E-state index contributed by atoms with van der Waals surface area (Å²) >= 11 is 0. The van der Waals surface area contributed by atoms with E-state index >= 15 is 0 Å². The fraction of sp³-hybridized carbons (Fsp3) is 0.300. The Morgan fingerprint density at radius 3 is 2.74 bits per heavy atom. The first-order valence-electron chi connectivity index (χ1n) is 9.01. The molecular formula is C20H23N5O2. The van der Waals surface area contributed by atoms with E-state index in [1.54, 1.807) is 0 Å². The maximum absolute atomic E-state index is 12.2. The highest BCUT2D eigenvalue weighted by Crippen LogP contribution is 2.19. The zero-order valence-corrected chi connectivity index (χ0v) is 15.6. The van der Waals surface area contributed by atoms with Crippen LogP contribution in [0.15, 0.2) is 48.5 Å². The van der Waals surface area contributed by atoms with Gasteiger partial charge in [-0.2, -0.15) is 4.80 Å². The van der Waals surface area contributed by atoms with Crippen LogP contribution < -0.4 is 10.1 Å². The topological polar surface area (TPSA) is 81.9 Å². The number of hydrogen-bond acceptors (Lipinski definition) is 5. The third-order valence-electron chi connectivity index (χ3n) is 3.92. The number of nitrogens with one attached hydrogen (secondary N) is 1. The van der Waals surface area contributed by atoms with Crippen LogP contribution in [0.3, 0.4) is 0 Å². The number of rotatable bonds is 8. The summed E-state index contributed by atoms with van der Waals surface area (Å²) in [5.74, 6) is 1.08. The van der Waals surface area contributed by atoms with Gasteiger partial charge in [0.1, 0.15) is 12.3 Å². The number of unbranched alkanes of at least 4 members (excludes halogenated alkanes) is 1. The molecule has 3 aromatic rings. The molecule has 1 aromatic heterocycles. The van der Waals surface area contributed by atoms with E-state index in [2.05, 4.69) is 27.7 Å². The van der Waals surface area contributed by atoms with Crippen LogP contribution in [-0.2, 0) is 11.3 Å². The molecule has 0 saturated carbocycles. The summed E-state index contributed by atoms with van der Waals surface area (Å²) in [5.41, 5.74) is 2.65. The van der Waals surface area contributed by atoms with E-state index in [1.807, 2.05) is 55.5 Å². The lowest BCUT2D eigenvalue weighted by atomic mass is 10.2. The van der Waals surface area contributed by atoms with Crippen molar-refractivity contribution in [2.75, 3.05) is 11.9 Å². The molecule has 0 aliphatic rings. The van der Waals surface area contributed by atoms with Crippen LogP contribution in [0, 0.1) is 6.92 Å². The van der Waals surface area contributed by atoms with Crippen LogP contribution in [0.2, 0.25) is 0 Å². The van der Waals surface area contributed by atoms with Gasteiger partial charge in [0.15, 0.2) is 0 Å². The smallest absolute Gasteiger partial charge is 0.248 e. The van der Waals surface area contributed by atoms with Gasteiger partial charge in [-0.25, -0.2) is 0 Å². The number of carbonyl (C=O) groups excluding carboxylic acids is 1. The van der Waals surface area contributed by atoms with Gasteiger partial charge in [0.05, 0.1) is 6.61 Å². The SMILES string of the molecule is CCCCOc1ccc(-c2nnn(CC(=O)Nc3cccc(C)c3)n2)cc1. The molecule has 0 atom stereocenters. The highest BCUT2D eigenvalue weighted by atomic mass is 16.5. The summed E-state index contributed by atoms with van der Waals surface area (Å²) in [5, 5.41) is 15.1. The van der Waals surface area contributed by atoms with Crippen molar-refractivity contribution in [3.8, 4) is 17.1 Å². The Labute approximate surface area is 158 Å². The van der Waals surface area contributed by atoms with E-state index in [4.69, 9.17) is 4.74 Å². The number of aromatic nitrogens is 4. The number of hydrogen-bond donors (Lipinski definition) is 1. The van der Waals surface area contributed by atoms with Crippen molar-refractivity contribution in [3.05, 3.63) is 54.1 Å². The number of nitrogens with zero attached hydrogens (tertiary/aromatic N) is 4. The van der Waals surface area contributed by atoms with Gasteiger partial charge in [0, 0.05) is 11.3 Å². The van der Waals surface area contributed by atoms with E-state index < -0.39 is 0 Å². The van der Waals surface area contributed by atoms with Gasteiger partial charge in [-0.15, -0.1) is 10.2 Å². The largest absolute Gasteiger partial charge is 0.494 e. The average Bonchev–Trinajstić information content (AvgIpc) is 3.11. The van der Waals surface area contributed by atoms with Crippen LogP contribution in [0.5, 0.6) is 5.75 Å². The lowest BCUT2D eigenvalue weighted by Gasteiger charge is -2.05. The molecule has 7 nitrogen and oxygen atoms in total. The van der Waals surface area contributed by atoms with Gasteiger partial charge in [-0.1, -0.05) is 25.5 Å². The van der Waals surface area contributed by atoms with Gasteiger partial charge >= 0.3 is 0 Å². The molecule has 1 heterocycles. The molecular weight excluding hydrogens is 342 g/mol. The lowest BCUT2D eigenvalue weighted by Crippen LogP contribution is -2.20. The maximum Gasteiger partial charge on any atom is 0.248 e. The fourth-order valence-corrected chi connectivity index (χ4v) is 2.51. The molecule has 0 aliphatic carbocycles. The van der Waals surface area contributed by atoms with Gasteiger partial charge < -0.3 is 10.1 Å². The van der Waals surface area contributed by atoms with Crippen molar-refractivity contribution in [2.24, 2.45) is 0 Å². The predicted molar refractivity (Wildman–Crippen MR) is 103 cm³/mol. The monoisotopic (exact) mass is 365 g/mol. The molecule has 0 aliphatic heterocycles. The number of amides is 1. The van der Waals surface area contributed by atoms with Gasteiger partial charge in [-0.05, 0) is 60.5 Å². The van der Waals surface area contributed by atoms with Crippen LogP contribution >= 0.6 is 0 Å². The van der Waals surface area contributed by atoms with Gasteiger partial charge in [0.25, 0.3) is 0 Å². The molecule has 0 saturated heterocycles. The second kappa shape index (κ2) is 8.93. The molecule has 0 unspecified atom stereocenters. The summed E-state index contributed by atoms with van der Waals surface area (Å²) in [6, 6.07) is 15.2. The number of aryl methyl sites for hydroxylation is 1. The van der Waals surface area contributed by atoms with Crippen LogP contribution in [-0.4, -0.2) is 32.7 Å². The molecule has 0 radical (unpaired) electrons. The highest BCUT2D eigenvalue weighted by molar-refractivity contribution is 5.90. The Bertz CT molecular complexity index is 889. The summed E-state index contributed by atoms with van der Waals surface area (Å²) in [4.78, 5) is 13.4. The van der Waals surface area contributed by atoms with Gasteiger partial charge in [0.2, 0.25) is 11.7 Å². The van der Waals surface area contributed by atoms with Crippen molar-refractivity contribution in [3.63, 3.8) is 0 Å². The third-order valence-corrected chi connectivity index (χ3v) is 3.92. The Morgan fingerprint density at radius 1 is 1.19 bits per heavy atom. The Kier molecular flexibility index (Phi) is 6.14. The molecule has 1 N–H and O–H groups in total. The van der Waals surface area contributed by atoms with Crippen molar-refractivity contribution in [1.29, 1.82) is 0 Å². The summed E-state index contributed by atoms with van der Waals surface area (Å²) in [7, 11) is 0. The zero-order chi connectivity index (χ0) is 19.1.